The van der Waals surface area contributed by atoms with Crippen LogP contribution in [-0.2, 0) is 0 Å². The van der Waals surface area contributed by atoms with Crippen molar-refractivity contribution >= 4 is 23.2 Å². The van der Waals surface area contributed by atoms with Crippen molar-refractivity contribution in [3.8, 4) is 0 Å². The normalized spacial score (nSPS) is 13.8. The SMILES string of the molecule is C/C(=C\C(O)c1ccc(Cl)cc1)CCCCCl. The van der Waals surface area contributed by atoms with Gasteiger partial charge in [0.1, 0.15) is 0 Å². The van der Waals surface area contributed by atoms with E-state index < -0.39 is 6.10 Å². The highest BCUT2D eigenvalue weighted by Crippen LogP contribution is 2.20. The summed E-state index contributed by atoms with van der Waals surface area (Å²) >= 11 is 11.4. The minimum absolute atomic E-state index is 0.553. The van der Waals surface area contributed by atoms with E-state index in [9.17, 15) is 5.11 Å². The molecule has 3 heteroatoms. The van der Waals surface area contributed by atoms with Gasteiger partial charge in [-0.05, 0) is 43.9 Å². The predicted octanol–water partition coefficient (Wildman–Crippen LogP) is 4.73. The highest BCUT2D eigenvalue weighted by Gasteiger charge is 2.04. The molecule has 17 heavy (non-hydrogen) atoms. The summed E-state index contributed by atoms with van der Waals surface area (Å²) < 4.78 is 0. The van der Waals surface area contributed by atoms with Gasteiger partial charge >= 0.3 is 0 Å². The molecule has 1 atom stereocenters. The van der Waals surface area contributed by atoms with E-state index in [1.54, 1.807) is 12.1 Å². The average Bonchev–Trinajstić information content (AvgIpc) is 2.30. The molecule has 1 N–H and O–H groups in total. The Morgan fingerprint density at radius 1 is 1.29 bits per heavy atom. The van der Waals surface area contributed by atoms with Gasteiger partial charge in [-0.3, -0.25) is 0 Å². The number of aliphatic hydroxyl groups is 1. The summed E-state index contributed by atoms with van der Waals surface area (Å²) in [6.45, 7) is 2.04. The molecule has 0 heterocycles. The molecule has 1 aromatic carbocycles. The predicted molar refractivity (Wildman–Crippen MR) is 74.7 cm³/mol. The molecule has 0 radical (unpaired) electrons. The van der Waals surface area contributed by atoms with Crippen molar-refractivity contribution in [1.82, 2.24) is 0 Å². The maximum absolute atomic E-state index is 9.99. The lowest BCUT2D eigenvalue weighted by molar-refractivity contribution is 0.227. The van der Waals surface area contributed by atoms with Gasteiger partial charge < -0.3 is 5.11 Å². The Morgan fingerprint density at radius 2 is 1.94 bits per heavy atom. The van der Waals surface area contributed by atoms with E-state index in [0.717, 1.165) is 24.8 Å². The summed E-state index contributed by atoms with van der Waals surface area (Å²) in [6.07, 6.45) is 4.40. The largest absolute Gasteiger partial charge is 0.384 e. The molecule has 0 aromatic heterocycles. The van der Waals surface area contributed by atoms with Gasteiger partial charge in [-0.15, -0.1) is 11.6 Å². The molecule has 0 amide bonds. The molecule has 0 spiro atoms. The fourth-order valence-electron chi connectivity index (χ4n) is 1.61. The first-order valence-electron chi connectivity index (χ1n) is 5.80. The summed E-state index contributed by atoms with van der Waals surface area (Å²) in [5, 5.41) is 10.7. The smallest absolute Gasteiger partial charge is 0.0974 e. The number of alkyl halides is 1. The molecule has 0 aliphatic carbocycles. The molecular formula is C14H18Cl2O. The molecule has 0 aliphatic heterocycles. The van der Waals surface area contributed by atoms with Gasteiger partial charge in [0.15, 0.2) is 0 Å². The summed E-state index contributed by atoms with van der Waals surface area (Å²) in [4.78, 5) is 0. The van der Waals surface area contributed by atoms with Gasteiger partial charge in [0.05, 0.1) is 6.10 Å². The highest BCUT2D eigenvalue weighted by molar-refractivity contribution is 6.30. The third-order valence-electron chi connectivity index (χ3n) is 2.61. The van der Waals surface area contributed by atoms with Crippen molar-refractivity contribution in [3.05, 3.63) is 46.5 Å². The number of hydrogen-bond acceptors (Lipinski definition) is 1. The van der Waals surface area contributed by atoms with Gasteiger partial charge in [0, 0.05) is 10.9 Å². The summed E-state index contributed by atoms with van der Waals surface area (Å²) in [5.41, 5.74) is 2.06. The molecular weight excluding hydrogens is 255 g/mol. The maximum atomic E-state index is 9.99. The van der Waals surface area contributed by atoms with Gasteiger partial charge in [-0.2, -0.15) is 0 Å². The van der Waals surface area contributed by atoms with Crippen LogP contribution in [-0.4, -0.2) is 11.0 Å². The van der Waals surface area contributed by atoms with Crippen molar-refractivity contribution in [1.29, 1.82) is 0 Å². The van der Waals surface area contributed by atoms with Gasteiger partial charge in [-0.1, -0.05) is 35.4 Å². The highest BCUT2D eigenvalue weighted by atomic mass is 35.5. The van der Waals surface area contributed by atoms with Crippen LogP contribution in [0.2, 0.25) is 5.02 Å². The lowest BCUT2D eigenvalue weighted by atomic mass is 10.0. The van der Waals surface area contributed by atoms with Crippen molar-refractivity contribution in [2.75, 3.05) is 5.88 Å². The zero-order chi connectivity index (χ0) is 12.7. The van der Waals surface area contributed by atoms with Gasteiger partial charge in [0.25, 0.3) is 0 Å². The first-order chi connectivity index (χ1) is 8.13. The van der Waals surface area contributed by atoms with Gasteiger partial charge in [0.2, 0.25) is 0 Å². The van der Waals surface area contributed by atoms with E-state index in [-0.39, 0.29) is 0 Å². The second kappa shape index (κ2) is 7.75. The molecule has 1 unspecified atom stereocenters. The van der Waals surface area contributed by atoms with Crippen molar-refractivity contribution in [2.45, 2.75) is 32.3 Å². The Morgan fingerprint density at radius 3 is 2.53 bits per heavy atom. The van der Waals surface area contributed by atoms with Crippen LogP contribution in [0.5, 0.6) is 0 Å². The van der Waals surface area contributed by atoms with Crippen LogP contribution in [0.4, 0.5) is 0 Å². The molecule has 94 valence electrons. The third-order valence-corrected chi connectivity index (χ3v) is 3.13. The van der Waals surface area contributed by atoms with Crippen LogP contribution >= 0.6 is 23.2 Å². The zero-order valence-corrected chi connectivity index (χ0v) is 11.5. The first-order valence-corrected chi connectivity index (χ1v) is 6.71. The molecule has 0 fully saturated rings. The molecule has 1 nitrogen and oxygen atoms in total. The van der Waals surface area contributed by atoms with E-state index in [1.807, 2.05) is 25.1 Å². The second-order valence-corrected chi connectivity index (χ2v) is 4.97. The number of aliphatic hydroxyl groups excluding tert-OH is 1. The van der Waals surface area contributed by atoms with Crippen LogP contribution in [0.1, 0.15) is 37.9 Å². The van der Waals surface area contributed by atoms with E-state index in [1.165, 1.54) is 5.57 Å². The number of benzene rings is 1. The number of rotatable bonds is 6. The molecule has 0 aliphatic rings. The Labute approximate surface area is 113 Å². The fourth-order valence-corrected chi connectivity index (χ4v) is 1.92. The quantitative estimate of drug-likeness (QED) is 0.451. The Balaban J connectivity index is 2.54. The zero-order valence-electron chi connectivity index (χ0n) is 10.00. The summed E-state index contributed by atoms with van der Waals surface area (Å²) in [5.74, 6) is 0.701. The third kappa shape index (κ3) is 5.58. The van der Waals surface area contributed by atoms with Crippen molar-refractivity contribution in [3.63, 3.8) is 0 Å². The second-order valence-electron chi connectivity index (χ2n) is 4.16. The number of hydrogen-bond donors (Lipinski definition) is 1. The maximum Gasteiger partial charge on any atom is 0.0974 e. The molecule has 0 saturated carbocycles. The molecule has 1 rings (SSSR count). The number of halogens is 2. The van der Waals surface area contributed by atoms with E-state index >= 15 is 0 Å². The molecule has 0 bridgehead atoms. The van der Waals surface area contributed by atoms with Crippen molar-refractivity contribution < 1.29 is 5.11 Å². The van der Waals surface area contributed by atoms with Crippen molar-refractivity contribution in [2.24, 2.45) is 0 Å². The summed E-state index contributed by atoms with van der Waals surface area (Å²) in [6, 6.07) is 7.26. The lowest BCUT2D eigenvalue weighted by Gasteiger charge is -2.08. The van der Waals surface area contributed by atoms with Gasteiger partial charge in [-0.25, -0.2) is 0 Å². The Kier molecular flexibility index (Phi) is 6.64. The fraction of sp³-hybridized carbons (Fsp3) is 0.429. The van der Waals surface area contributed by atoms with Crippen LogP contribution in [0, 0.1) is 0 Å². The number of unbranched alkanes of at least 4 members (excludes halogenated alkanes) is 1. The molecule has 1 aromatic rings. The summed E-state index contributed by atoms with van der Waals surface area (Å²) in [7, 11) is 0. The van der Waals surface area contributed by atoms with E-state index in [4.69, 9.17) is 23.2 Å². The topological polar surface area (TPSA) is 20.2 Å². The van der Waals surface area contributed by atoms with Crippen LogP contribution in [0.25, 0.3) is 0 Å². The van der Waals surface area contributed by atoms with Crippen LogP contribution < -0.4 is 0 Å². The first kappa shape index (κ1) is 14.6. The minimum atomic E-state index is -0.553. The standard InChI is InChI=1S/C14H18Cl2O/c1-11(4-2-3-9-15)10-14(17)12-5-7-13(16)8-6-12/h5-8,10,14,17H,2-4,9H2,1H3/b11-10+. The monoisotopic (exact) mass is 272 g/mol. The Bertz CT molecular complexity index is 357. The van der Waals surface area contributed by atoms with Crippen LogP contribution in [0.3, 0.4) is 0 Å². The Hall–Kier alpha value is -0.500. The average molecular weight is 273 g/mol. The minimum Gasteiger partial charge on any atom is -0.384 e. The number of allylic oxidation sites excluding steroid dienone is 1. The van der Waals surface area contributed by atoms with Crippen LogP contribution in [0.15, 0.2) is 35.9 Å². The lowest BCUT2D eigenvalue weighted by Crippen LogP contribution is -1.94. The van der Waals surface area contributed by atoms with E-state index in [2.05, 4.69) is 0 Å². The van der Waals surface area contributed by atoms with E-state index in [0.29, 0.717) is 10.9 Å². The molecule has 0 saturated heterocycles.